The van der Waals surface area contributed by atoms with Crippen LogP contribution in [0.25, 0.3) is 0 Å². The molecule has 1 saturated carbocycles. The molecule has 1 atom stereocenters. The second kappa shape index (κ2) is 9.98. The van der Waals surface area contributed by atoms with Crippen molar-refractivity contribution >= 4 is 17.4 Å². The first-order chi connectivity index (χ1) is 15.7. The third-order valence-electron chi connectivity index (χ3n) is 5.73. The van der Waals surface area contributed by atoms with E-state index in [0.717, 1.165) is 37.5 Å². The van der Waals surface area contributed by atoms with Gasteiger partial charge in [-0.05, 0) is 50.1 Å². The number of carbonyl (C=O) groups excluding carboxylic acids is 1. The van der Waals surface area contributed by atoms with Gasteiger partial charge in [0.05, 0.1) is 17.2 Å². The van der Waals surface area contributed by atoms with Crippen molar-refractivity contribution in [3.63, 3.8) is 0 Å². The molecule has 1 N–H and O–H groups in total. The van der Waals surface area contributed by atoms with Gasteiger partial charge in [0.1, 0.15) is 11.9 Å². The van der Waals surface area contributed by atoms with Crippen LogP contribution in [-0.4, -0.2) is 12.1 Å². The summed E-state index contributed by atoms with van der Waals surface area (Å²) in [6.45, 7) is 1.43. The summed E-state index contributed by atoms with van der Waals surface area (Å²) < 4.78 is 54.9. The second-order valence-electron chi connectivity index (χ2n) is 7.95. The summed E-state index contributed by atoms with van der Waals surface area (Å²) in [7, 11) is 0. The Labute approximate surface area is 188 Å². The number of carbonyl (C=O) groups is 1. The number of benzene rings is 2. The molecule has 3 rings (SSSR count). The van der Waals surface area contributed by atoms with Crippen molar-refractivity contribution < 1.29 is 22.4 Å². The Hall–Kier alpha value is -3.48. The maximum Gasteiger partial charge on any atom is 0.417 e. The fourth-order valence-corrected chi connectivity index (χ4v) is 4.03. The van der Waals surface area contributed by atoms with Crippen LogP contribution in [0.2, 0.25) is 0 Å². The number of halogens is 4. The highest BCUT2D eigenvalue weighted by Crippen LogP contribution is 2.36. The Bertz CT molecular complexity index is 1080. The van der Waals surface area contributed by atoms with E-state index in [1.165, 1.54) is 36.1 Å². The van der Waals surface area contributed by atoms with Gasteiger partial charge in [0, 0.05) is 23.0 Å². The molecule has 1 unspecified atom stereocenters. The number of alkyl halides is 3. The molecule has 2 aromatic rings. The first kappa shape index (κ1) is 24.2. The lowest BCUT2D eigenvalue weighted by atomic mass is 9.93. The van der Waals surface area contributed by atoms with Gasteiger partial charge in [-0.3, -0.25) is 4.90 Å². The number of urea groups is 1. The molecular weight excluding hydrogens is 440 g/mol. The van der Waals surface area contributed by atoms with Gasteiger partial charge in [0.25, 0.3) is 0 Å². The van der Waals surface area contributed by atoms with E-state index in [1.807, 2.05) is 0 Å². The molecule has 0 aliphatic heterocycles. The zero-order valence-electron chi connectivity index (χ0n) is 17.8. The molecule has 0 radical (unpaired) electrons. The fourth-order valence-electron chi connectivity index (χ4n) is 4.03. The molecule has 0 heterocycles. The summed E-state index contributed by atoms with van der Waals surface area (Å²) in [5, 5.41) is 14.4. The van der Waals surface area contributed by atoms with E-state index < -0.39 is 35.2 Å². The van der Waals surface area contributed by atoms with E-state index in [9.17, 15) is 27.3 Å². The Balaban J connectivity index is 1.97. The van der Waals surface area contributed by atoms with E-state index in [-0.39, 0.29) is 23.0 Å². The van der Waals surface area contributed by atoms with Crippen LogP contribution < -0.4 is 10.2 Å². The number of nitrogens with one attached hydrogen (secondary N) is 1. The summed E-state index contributed by atoms with van der Waals surface area (Å²) in [6.07, 6.45) is -0.969. The highest BCUT2D eigenvalue weighted by Gasteiger charge is 2.36. The number of amides is 2. The fraction of sp³-hybridized carbons (Fsp3) is 0.391. The van der Waals surface area contributed by atoms with Crippen molar-refractivity contribution in [2.75, 3.05) is 10.2 Å². The largest absolute Gasteiger partial charge is 0.417 e. The average molecular weight is 462 g/mol. The second-order valence-corrected chi connectivity index (χ2v) is 7.95. The van der Waals surface area contributed by atoms with E-state index >= 15 is 0 Å². The third-order valence-corrected chi connectivity index (χ3v) is 5.73. The van der Waals surface area contributed by atoms with Gasteiger partial charge in [-0.25, -0.2) is 9.18 Å². The molecule has 0 spiro atoms. The third kappa shape index (κ3) is 5.48. The quantitative estimate of drug-likeness (QED) is 0.387. The average Bonchev–Trinajstić information content (AvgIpc) is 2.79. The summed E-state index contributed by atoms with van der Waals surface area (Å²) >= 11 is 0. The number of anilines is 2. The zero-order valence-corrected chi connectivity index (χ0v) is 17.8. The molecular formula is C23H22F4N4O2. The van der Waals surface area contributed by atoms with Crippen LogP contribution in [0.4, 0.5) is 33.7 Å². The highest BCUT2D eigenvalue weighted by atomic mass is 19.4. The standard InChI is InChI=1S/C23H22F4N4O2/c1-14(30-33)19-10-8-16(11-21(19)24)29-22(32)31(17-5-3-2-4-6-17)18-9-7-15(13-28)20(12-18)23(25,26)27/h7-12,14,17H,2-6H2,1H3,(H,29,32). The lowest BCUT2D eigenvalue weighted by Gasteiger charge is -2.35. The Kier molecular flexibility index (Phi) is 7.31. The van der Waals surface area contributed by atoms with Gasteiger partial charge in [0.15, 0.2) is 0 Å². The van der Waals surface area contributed by atoms with Crippen LogP contribution in [0.1, 0.15) is 61.8 Å². The predicted molar refractivity (Wildman–Crippen MR) is 115 cm³/mol. The number of hydrogen-bond donors (Lipinski definition) is 1. The van der Waals surface area contributed by atoms with Gasteiger partial charge in [-0.15, -0.1) is 0 Å². The predicted octanol–water partition coefficient (Wildman–Crippen LogP) is 6.91. The van der Waals surface area contributed by atoms with Crippen molar-refractivity contribution in [1.29, 1.82) is 5.26 Å². The molecule has 2 amide bonds. The zero-order chi connectivity index (χ0) is 24.2. The number of nitroso groups, excluding NO2 is 1. The minimum atomic E-state index is -4.77. The van der Waals surface area contributed by atoms with Crippen molar-refractivity contribution in [3.05, 3.63) is 63.8 Å². The molecule has 1 fully saturated rings. The maximum atomic E-state index is 14.4. The van der Waals surface area contributed by atoms with Crippen molar-refractivity contribution in [3.8, 4) is 6.07 Å². The first-order valence-electron chi connectivity index (χ1n) is 10.5. The van der Waals surface area contributed by atoms with E-state index in [4.69, 9.17) is 5.26 Å². The molecule has 1 aliphatic rings. The molecule has 6 nitrogen and oxygen atoms in total. The molecule has 0 bridgehead atoms. The minimum Gasteiger partial charge on any atom is -0.307 e. The van der Waals surface area contributed by atoms with Crippen molar-refractivity contribution in [1.82, 2.24) is 0 Å². The van der Waals surface area contributed by atoms with Crippen LogP contribution in [-0.2, 0) is 6.18 Å². The first-order valence-corrected chi connectivity index (χ1v) is 10.5. The van der Waals surface area contributed by atoms with Gasteiger partial charge < -0.3 is 5.32 Å². The van der Waals surface area contributed by atoms with Crippen LogP contribution in [0.15, 0.2) is 41.6 Å². The molecule has 33 heavy (non-hydrogen) atoms. The number of hydrogen-bond acceptors (Lipinski definition) is 4. The van der Waals surface area contributed by atoms with Crippen LogP contribution in [0.5, 0.6) is 0 Å². The summed E-state index contributed by atoms with van der Waals surface area (Å²) in [5.41, 5.74) is -1.51. The maximum absolute atomic E-state index is 14.4. The van der Waals surface area contributed by atoms with Crippen LogP contribution in [0, 0.1) is 22.1 Å². The van der Waals surface area contributed by atoms with Gasteiger partial charge in [-0.1, -0.05) is 30.5 Å². The SMILES string of the molecule is CC(N=O)c1ccc(NC(=O)N(c2ccc(C#N)c(C(F)(F)F)c2)C2CCCCC2)cc1F. The van der Waals surface area contributed by atoms with Gasteiger partial charge in [-0.2, -0.15) is 23.3 Å². The lowest BCUT2D eigenvalue weighted by molar-refractivity contribution is -0.137. The minimum absolute atomic E-state index is 0.00148. The lowest BCUT2D eigenvalue weighted by Crippen LogP contribution is -2.44. The summed E-state index contributed by atoms with van der Waals surface area (Å²) in [5.74, 6) is -0.734. The summed E-state index contributed by atoms with van der Waals surface area (Å²) in [4.78, 5) is 25.1. The number of nitrogens with zero attached hydrogens (tertiary/aromatic N) is 3. The van der Waals surface area contributed by atoms with E-state index in [0.29, 0.717) is 12.8 Å². The molecule has 1 aliphatic carbocycles. The van der Waals surface area contributed by atoms with E-state index in [2.05, 4.69) is 10.5 Å². The normalized spacial score (nSPS) is 15.4. The van der Waals surface area contributed by atoms with Crippen molar-refractivity contribution in [2.24, 2.45) is 5.18 Å². The summed E-state index contributed by atoms with van der Waals surface area (Å²) in [6, 6.07) is 6.47. The Morgan fingerprint density at radius 3 is 2.45 bits per heavy atom. The highest BCUT2D eigenvalue weighted by molar-refractivity contribution is 6.02. The Morgan fingerprint density at radius 2 is 1.88 bits per heavy atom. The van der Waals surface area contributed by atoms with Gasteiger partial charge >= 0.3 is 12.2 Å². The molecule has 2 aromatic carbocycles. The smallest absolute Gasteiger partial charge is 0.307 e. The number of nitriles is 1. The molecule has 0 aromatic heterocycles. The topological polar surface area (TPSA) is 85.6 Å². The van der Waals surface area contributed by atoms with Crippen LogP contribution in [0.3, 0.4) is 0 Å². The van der Waals surface area contributed by atoms with Crippen molar-refractivity contribution in [2.45, 2.75) is 57.3 Å². The molecule has 0 saturated heterocycles. The van der Waals surface area contributed by atoms with E-state index in [1.54, 1.807) is 0 Å². The monoisotopic (exact) mass is 462 g/mol. The number of rotatable bonds is 5. The van der Waals surface area contributed by atoms with Gasteiger partial charge in [0.2, 0.25) is 0 Å². The Morgan fingerprint density at radius 1 is 1.18 bits per heavy atom. The molecule has 10 heteroatoms. The molecule has 174 valence electrons. The van der Waals surface area contributed by atoms with Crippen LogP contribution >= 0.6 is 0 Å².